The molecule has 3 heteroatoms. The number of cyclic esters (lactones) is 1. The van der Waals surface area contributed by atoms with Crippen LogP contribution >= 0.6 is 15.9 Å². The van der Waals surface area contributed by atoms with Gasteiger partial charge >= 0.3 is 5.97 Å². The summed E-state index contributed by atoms with van der Waals surface area (Å²) >= 11 is 3.57. The number of hydrogen-bond acceptors (Lipinski definition) is 2. The second-order valence-corrected chi connectivity index (χ2v) is 8.61. The van der Waals surface area contributed by atoms with Gasteiger partial charge in [0.1, 0.15) is 4.48 Å². The van der Waals surface area contributed by atoms with Gasteiger partial charge in [0.2, 0.25) is 0 Å². The second-order valence-electron chi connectivity index (χ2n) is 7.82. The topological polar surface area (TPSA) is 26.3 Å². The monoisotopic (exact) mass is 492 g/mol. The first kappa shape index (κ1) is 21.2. The van der Waals surface area contributed by atoms with Gasteiger partial charge in [0, 0.05) is 16.7 Å². The summed E-state index contributed by atoms with van der Waals surface area (Å²) < 4.78 is 6.64. The van der Waals surface area contributed by atoms with Crippen molar-refractivity contribution in [2.75, 3.05) is 0 Å². The molecule has 160 valence electrons. The maximum Gasteiger partial charge on any atom is 0.347 e. The van der Waals surface area contributed by atoms with Crippen molar-refractivity contribution < 1.29 is 9.53 Å². The van der Waals surface area contributed by atoms with E-state index in [1.807, 2.05) is 97.1 Å². The van der Waals surface area contributed by atoms with Crippen LogP contribution in [-0.2, 0) is 15.1 Å². The Balaban J connectivity index is 1.81. The van der Waals surface area contributed by atoms with Gasteiger partial charge in [-0.1, -0.05) is 121 Å². The minimum atomic E-state index is -1.06. The highest BCUT2D eigenvalue weighted by Crippen LogP contribution is 2.49. The fourth-order valence-electron chi connectivity index (χ4n) is 4.32. The molecule has 0 atom stereocenters. The summed E-state index contributed by atoms with van der Waals surface area (Å²) in [5.74, 6) is -0.380. The number of carbonyl (C=O) groups is 1. The first-order chi connectivity index (χ1) is 16.2. The molecular formula is C30H21BrO2. The van der Waals surface area contributed by atoms with Crippen LogP contribution < -0.4 is 0 Å². The third-order valence-corrected chi connectivity index (χ3v) is 6.61. The van der Waals surface area contributed by atoms with Crippen LogP contribution in [0.3, 0.4) is 0 Å². The lowest BCUT2D eigenvalue weighted by atomic mass is 9.79. The summed E-state index contributed by atoms with van der Waals surface area (Å²) in [5, 5.41) is 0. The van der Waals surface area contributed by atoms with E-state index in [4.69, 9.17) is 4.74 Å². The quantitative estimate of drug-likeness (QED) is 0.274. The standard InChI is InChI=1S/C30H21BrO2/c31-28-27(21-26(22-13-5-1-6-14-22)23-15-7-2-8-16-23)30(33-29(28)32,24-17-9-3-10-18-24)25-19-11-4-12-20-25/h1-21H. The van der Waals surface area contributed by atoms with E-state index in [0.717, 1.165) is 33.4 Å². The summed E-state index contributed by atoms with van der Waals surface area (Å²) in [6, 6.07) is 40.2. The largest absolute Gasteiger partial charge is 0.440 e. The van der Waals surface area contributed by atoms with Crippen molar-refractivity contribution in [3.63, 3.8) is 0 Å². The lowest BCUT2D eigenvalue weighted by Gasteiger charge is -2.31. The van der Waals surface area contributed by atoms with E-state index < -0.39 is 5.60 Å². The summed E-state index contributed by atoms with van der Waals surface area (Å²) in [7, 11) is 0. The van der Waals surface area contributed by atoms with Gasteiger partial charge in [-0.15, -0.1) is 0 Å². The van der Waals surface area contributed by atoms with Crippen LogP contribution in [0.5, 0.6) is 0 Å². The Bertz CT molecular complexity index is 1240. The molecule has 4 aromatic rings. The molecule has 0 unspecified atom stereocenters. The fraction of sp³-hybridized carbons (Fsp3) is 0.0333. The molecule has 0 saturated heterocycles. The third-order valence-electron chi connectivity index (χ3n) is 5.86. The molecule has 0 bridgehead atoms. The van der Waals surface area contributed by atoms with Crippen molar-refractivity contribution in [1.82, 2.24) is 0 Å². The molecule has 0 N–H and O–H groups in total. The maximum atomic E-state index is 13.0. The second kappa shape index (κ2) is 9.05. The van der Waals surface area contributed by atoms with Gasteiger partial charge in [-0.05, 0) is 38.7 Å². The van der Waals surface area contributed by atoms with Gasteiger partial charge in [-0.3, -0.25) is 0 Å². The first-order valence-corrected chi connectivity index (χ1v) is 11.6. The molecule has 0 radical (unpaired) electrons. The normalized spacial score (nSPS) is 14.6. The van der Waals surface area contributed by atoms with Crippen LogP contribution in [-0.4, -0.2) is 5.97 Å². The lowest BCUT2D eigenvalue weighted by Crippen LogP contribution is -2.30. The van der Waals surface area contributed by atoms with E-state index in [1.165, 1.54) is 0 Å². The van der Waals surface area contributed by atoms with E-state index in [-0.39, 0.29) is 5.97 Å². The fourth-order valence-corrected chi connectivity index (χ4v) is 4.80. The average Bonchev–Trinajstić information content (AvgIpc) is 3.15. The molecule has 1 aliphatic rings. The van der Waals surface area contributed by atoms with Gasteiger partial charge in [0.05, 0.1) is 0 Å². The zero-order valence-electron chi connectivity index (χ0n) is 17.8. The van der Waals surface area contributed by atoms with Crippen molar-refractivity contribution in [2.24, 2.45) is 0 Å². The predicted octanol–water partition coefficient (Wildman–Crippen LogP) is 7.27. The molecule has 1 heterocycles. The average molecular weight is 493 g/mol. The van der Waals surface area contributed by atoms with Crippen molar-refractivity contribution >= 4 is 27.5 Å². The van der Waals surface area contributed by atoms with Gasteiger partial charge in [-0.2, -0.15) is 0 Å². The summed E-state index contributed by atoms with van der Waals surface area (Å²) in [6.45, 7) is 0. The molecule has 0 spiro atoms. The molecule has 33 heavy (non-hydrogen) atoms. The van der Waals surface area contributed by atoms with Crippen LogP contribution in [0.4, 0.5) is 0 Å². The molecule has 0 saturated carbocycles. The van der Waals surface area contributed by atoms with E-state index >= 15 is 0 Å². The highest BCUT2D eigenvalue weighted by molar-refractivity contribution is 9.12. The number of benzene rings is 4. The molecule has 0 aromatic heterocycles. The van der Waals surface area contributed by atoms with Crippen molar-refractivity contribution in [2.45, 2.75) is 5.60 Å². The lowest BCUT2D eigenvalue weighted by molar-refractivity contribution is -0.144. The van der Waals surface area contributed by atoms with Crippen LogP contribution in [0.2, 0.25) is 0 Å². The van der Waals surface area contributed by atoms with Crippen LogP contribution in [0.1, 0.15) is 22.3 Å². The Kier molecular flexibility index (Phi) is 5.80. The van der Waals surface area contributed by atoms with E-state index in [9.17, 15) is 4.79 Å². The number of rotatable bonds is 5. The number of carbonyl (C=O) groups excluding carboxylic acids is 1. The molecule has 0 amide bonds. The number of halogens is 1. The van der Waals surface area contributed by atoms with Gasteiger partial charge in [0.15, 0.2) is 5.60 Å². The highest BCUT2D eigenvalue weighted by atomic mass is 79.9. The Morgan fingerprint density at radius 3 is 1.45 bits per heavy atom. The Hall–Kier alpha value is -3.69. The van der Waals surface area contributed by atoms with Crippen LogP contribution in [0.25, 0.3) is 5.57 Å². The smallest absolute Gasteiger partial charge is 0.347 e. The van der Waals surface area contributed by atoms with Gasteiger partial charge in [0.25, 0.3) is 0 Å². The minimum absolute atomic E-state index is 0.380. The highest BCUT2D eigenvalue weighted by Gasteiger charge is 2.49. The summed E-state index contributed by atoms with van der Waals surface area (Å²) in [4.78, 5) is 13.0. The number of esters is 1. The van der Waals surface area contributed by atoms with Crippen LogP contribution in [0.15, 0.2) is 137 Å². The van der Waals surface area contributed by atoms with E-state index in [2.05, 4.69) is 46.3 Å². The minimum Gasteiger partial charge on any atom is -0.440 e. The zero-order valence-corrected chi connectivity index (χ0v) is 19.4. The molecule has 1 aliphatic heterocycles. The molecule has 4 aromatic carbocycles. The van der Waals surface area contributed by atoms with Crippen LogP contribution in [0, 0.1) is 0 Å². The van der Waals surface area contributed by atoms with E-state index in [1.54, 1.807) is 0 Å². The van der Waals surface area contributed by atoms with Crippen molar-refractivity contribution in [3.05, 3.63) is 160 Å². The molecule has 0 fully saturated rings. The summed E-state index contributed by atoms with van der Waals surface area (Å²) in [5.41, 5.74) is 4.63. The molecule has 0 aliphatic carbocycles. The third kappa shape index (κ3) is 3.85. The SMILES string of the molecule is O=C1OC(c2ccccc2)(c2ccccc2)C(C=C(c2ccccc2)c2ccccc2)=C1Br. The summed E-state index contributed by atoms with van der Waals surface area (Å²) in [6.07, 6.45) is 2.08. The molecule has 5 rings (SSSR count). The van der Waals surface area contributed by atoms with Gasteiger partial charge < -0.3 is 4.74 Å². The Labute approximate surface area is 202 Å². The predicted molar refractivity (Wildman–Crippen MR) is 136 cm³/mol. The molecular weight excluding hydrogens is 472 g/mol. The first-order valence-electron chi connectivity index (χ1n) is 10.8. The Morgan fingerprint density at radius 1 is 0.636 bits per heavy atom. The number of ether oxygens (including phenoxy) is 1. The molecule has 2 nitrogen and oxygen atoms in total. The maximum absolute atomic E-state index is 13.0. The van der Waals surface area contributed by atoms with Crippen molar-refractivity contribution in [3.8, 4) is 0 Å². The van der Waals surface area contributed by atoms with E-state index in [0.29, 0.717) is 4.48 Å². The van der Waals surface area contributed by atoms with Gasteiger partial charge in [-0.25, -0.2) is 4.79 Å². The Morgan fingerprint density at radius 2 is 1.03 bits per heavy atom. The number of hydrogen-bond donors (Lipinski definition) is 0. The van der Waals surface area contributed by atoms with Crippen molar-refractivity contribution in [1.29, 1.82) is 0 Å². The zero-order chi connectivity index (χ0) is 22.7.